The normalized spacial score (nSPS) is 11.5. The van der Waals surface area contributed by atoms with Crippen LogP contribution in [-0.2, 0) is 17.1 Å². The zero-order chi connectivity index (χ0) is 14.9. The number of nitrogens with one attached hydrogen (secondary N) is 1. The fourth-order valence-electron chi connectivity index (χ4n) is 1.89. The third-order valence-corrected chi connectivity index (χ3v) is 4.36. The van der Waals surface area contributed by atoms with Crippen LogP contribution in [0.2, 0.25) is 0 Å². The second kappa shape index (κ2) is 5.06. The Morgan fingerprint density at radius 2 is 1.95 bits per heavy atom. The molecule has 3 rings (SSSR count). The first-order chi connectivity index (χ1) is 10.1. The van der Waals surface area contributed by atoms with E-state index in [1.165, 1.54) is 23.3 Å². The minimum absolute atomic E-state index is 0.0989. The van der Waals surface area contributed by atoms with Crippen LogP contribution in [0.25, 0.3) is 11.3 Å². The van der Waals surface area contributed by atoms with Crippen LogP contribution in [0.4, 0.5) is 5.69 Å². The van der Waals surface area contributed by atoms with Crippen molar-refractivity contribution < 1.29 is 12.8 Å². The molecule has 0 aliphatic rings. The Labute approximate surface area is 121 Å². The second-order valence-corrected chi connectivity index (χ2v) is 5.97. The van der Waals surface area contributed by atoms with E-state index in [9.17, 15) is 8.42 Å². The van der Waals surface area contributed by atoms with Crippen molar-refractivity contribution in [3.8, 4) is 11.3 Å². The molecule has 0 radical (unpaired) electrons. The number of aromatic nitrogens is 3. The lowest BCUT2D eigenvalue weighted by Crippen LogP contribution is -2.16. The minimum atomic E-state index is -3.65. The third kappa shape index (κ3) is 2.65. The van der Waals surface area contributed by atoms with Crippen molar-refractivity contribution in [2.75, 3.05) is 4.72 Å². The van der Waals surface area contributed by atoms with Crippen LogP contribution < -0.4 is 4.72 Å². The minimum Gasteiger partial charge on any atom is -0.444 e. The molecular weight excluding hydrogens is 292 g/mol. The number of hydrogen-bond acceptors (Lipinski definition) is 5. The number of rotatable bonds is 4. The molecule has 108 valence electrons. The maximum Gasteiger partial charge on any atom is 0.279 e. The van der Waals surface area contributed by atoms with Crippen molar-refractivity contribution in [2.24, 2.45) is 7.05 Å². The average molecular weight is 304 g/mol. The van der Waals surface area contributed by atoms with Gasteiger partial charge in [-0.05, 0) is 30.3 Å². The van der Waals surface area contributed by atoms with Gasteiger partial charge >= 0.3 is 0 Å². The monoisotopic (exact) mass is 304 g/mol. The zero-order valence-electron chi connectivity index (χ0n) is 11.1. The van der Waals surface area contributed by atoms with Gasteiger partial charge in [-0.25, -0.2) is 4.98 Å². The highest BCUT2D eigenvalue weighted by Gasteiger charge is 2.17. The quantitative estimate of drug-likeness (QED) is 0.794. The molecule has 0 spiro atoms. The number of oxazole rings is 1. The molecule has 8 heteroatoms. The number of hydrogen-bond donors (Lipinski definition) is 1. The van der Waals surface area contributed by atoms with E-state index in [1.54, 1.807) is 37.5 Å². The number of benzene rings is 1. The Hall–Kier alpha value is -2.61. The highest BCUT2D eigenvalue weighted by molar-refractivity contribution is 7.92. The van der Waals surface area contributed by atoms with Crippen molar-refractivity contribution >= 4 is 15.7 Å². The molecule has 0 amide bonds. The maximum atomic E-state index is 12.2. The van der Waals surface area contributed by atoms with Crippen molar-refractivity contribution in [2.45, 2.75) is 5.03 Å². The summed E-state index contributed by atoms with van der Waals surface area (Å²) in [5, 5.41) is 3.95. The average Bonchev–Trinajstić information content (AvgIpc) is 3.10. The van der Waals surface area contributed by atoms with E-state index in [0.717, 1.165) is 5.56 Å². The van der Waals surface area contributed by atoms with E-state index in [-0.39, 0.29) is 5.03 Å². The van der Waals surface area contributed by atoms with Crippen LogP contribution in [0.5, 0.6) is 0 Å². The molecule has 3 aromatic rings. The summed E-state index contributed by atoms with van der Waals surface area (Å²) in [4.78, 5) is 3.84. The van der Waals surface area contributed by atoms with Gasteiger partial charge < -0.3 is 4.42 Å². The van der Waals surface area contributed by atoms with Gasteiger partial charge in [-0.1, -0.05) is 0 Å². The predicted octanol–water partition coefficient (Wildman–Crippen LogP) is 1.88. The molecule has 21 heavy (non-hydrogen) atoms. The molecule has 0 bridgehead atoms. The first-order valence-corrected chi connectivity index (χ1v) is 7.54. The smallest absolute Gasteiger partial charge is 0.279 e. The van der Waals surface area contributed by atoms with Crippen LogP contribution in [-0.4, -0.2) is 23.2 Å². The molecule has 7 nitrogen and oxygen atoms in total. The molecule has 0 saturated carbocycles. The summed E-state index contributed by atoms with van der Waals surface area (Å²) in [6.07, 6.45) is 4.37. The van der Waals surface area contributed by atoms with E-state index in [1.807, 2.05) is 0 Å². The fourth-order valence-corrected chi connectivity index (χ4v) is 3.08. The van der Waals surface area contributed by atoms with Crippen LogP contribution in [0.15, 0.2) is 58.6 Å². The first kappa shape index (κ1) is 13.4. The second-order valence-electron chi connectivity index (χ2n) is 4.34. The van der Waals surface area contributed by atoms with Gasteiger partial charge in [0, 0.05) is 18.3 Å². The Bertz CT molecular complexity index is 836. The number of nitrogens with zero attached hydrogens (tertiary/aromatic N) is 3. The predicted molar refractivity (Wildman–Crippen MR) is 76.0 cm³/mol. The van der Waals surface area contributed by atoms with E-state index in [4.69, 9.17) is 4.42 Å². The molecule has 0 unspecified atom stereocenters. The molecule has 0 aliphatic carbocycles. The van der Waals surface area contributed by atoms with Crippen LogP contribution in [0.3, 0.4) is 0 Å². The number of sulfonamides is 1. The van der Waals surface area contributed by atoms with Crippen molar-refractivity contribution in [1.29, 1.82) is 0 Å². The van der Waals surface area contributed by atoms with Gasteiger partial charge in [0.25, 0.3) is 10.0 Å². The molecule has 0 fully saturated rings. The van der Waals surface area contributed by atoms with Gasteiger partial charge in [-0.15, -0.1) is 0 Å². The topological polar surface area (TPSA) is 90.0 Å². The van der Waals surface area contributed by atoms with Gasteiger partial charge in [0.05, 0.1) is 12.4 Å². The van der Waals surface area contributed by atoms with Crippen LogP contribution >= 0.6 is 0 Å². The highest BCUT2D eigenvalue weighted by Crippen LogP contribution is 2.22. The Morgan fingerprint density at radius 1 is 1.19 bits per heavy atom. The lowest BCUT2D eigenvalue weighted by molar-refractivity contribution is 0.572. The standard InChI is InChI=1S/C13H12N4O3S/c1-17-13(6-7-15-17)21(18,19)16-11-4-2-10(3-5-11)12-8-14-9-20-12/h2-9,16H,1H3. The zero-order valence-corrected chi connectivity index (χ0v) is 11.9. The van der Waals surface area contributed by atoms with Gasteiger partial charge in [-0.2, -0.15) is 13.5 Å². The molecule has 2 aromatic heterocycles. The summed E-state index contributed by atoms with van der Waals surface area (Å²) in [6.45, 7) is 0. The largest absolute Gasteiger partial charge is 0.444 e. The maximum absolute atomic E-state index is 12.2. The van der Waals surface area contributed by atoms with E-state index < -0.39 is 10.0 Å². The Balaban J connectivity index is 1.84. The third-order valence-electron chi connectivity index (χ3n) is 2.91. The Morgan fingerprint density at radius 3 is 2.52 bits per heavy atom. The number of anilines is 1. The summed E-state index contributed by atoms with van der Waals surface area (Å²) in [5.74, 6) is 0.621. The van der Waals surface area contributed by atoms with Gasteiger partial charge in [-0.3, -0.25) is 9.40 Å². The van der Waals surface area contributed by atoms with Crippen LogP contribution in [0, 0.1) is 0 Å². The molecule has 0 saturated heterocycles. The van der Waals surface area contributed by atoms with Gasteiger partial charge in [0.1, 0.15) is 0 Å². The van der Waals surface area contributed by atoms with E-state index in [0.29, 0.717) is 11.4 Å². The molecule has 0 atom stereocenters. The van der Waals surface area contributed by atoms with Crippen molar-refractivity contribution in [3.63, 3.8) is 0 Å². The lowest BCUT2D eigenvalue weighted by atomic mass is 10.2. The summed E-state index contributed by atoms with van der Waals surface area (Å²) < 4.78 is 33.4. The van der Waals surface area contributed by atoms with E-state index >= 15 is 0 Å². The molecule has 2 heterocycles. The van der Waals surface area contributed by atoms with Crippen molar-refractivity contribution in [3.05, 3.63) is 49.1 Å². The number of aryl methyl sites for hydroxylation is 1. The molecule has 1 N–H and O–H groups in total. The summed E-state index contributed by atoms with van der Waals surface area (Å²) in [5.41, 5.74) is 1.27. The summed E-state index contributed by atoms with van der Waals surface area (Å²) in [7, 11) is -2.08. The molecule has 0 aliphatic heterocycles. The van der Waals surface area contributed by atoms with Gasteiger partial charge in [0.15, 0.2) is 17.2 Å². The SMILES string of the molecule is Cn1nccc1S(=O)(=O)Nc1ccc(-c2cnco2)cc1. The molecular formula is C13H12N4O3S. The highest BCUT2D eigenvalue weighted by atomic mass is 32.2. The Kier molecular flexibility index (Phi) is 3.22. The fraction of sp³-hybridized carbons (Fsp3) is 0.0769. The van der Waals surface area contributed by atoms with Crippen LogP contribution in [0.1, 0.15) is 0 Å². The van der Waals surface area contributed by atoms with E-state index in [2.05, 4.69) is 14.8 Å². The summed E-state index contributed by atoms with van der Waals surface area (Å²) >= 11 is 0. The molecule has 1 aromatic carbocycles. The summed E-state index contributed by atoms with van der Waals surface area (Å²) in [6, 6.07) is 8.26. The van der Waals surface area contributed by atoms with Gasteiger partial charge in [0.2, 0.25) is 0 Å². The van der Waals surface area contributed by atoms with Crippen molar-refractivity contribution in [1.82, 2.24) is 14.8 Å². The first-order valence-electron chi connectivity index (χ1n) is 6.06. The lowest BCUT2D eigenvalue weighted by Gasteiger charge is -2.08.